The Morgan fingerprint density at radius 2 is 1.81 bits per heavy atom. The lowest BCUT2D eigenvalue weighted by atomic mass is 9.64. The van der Waals surface area contributed by atoms with Crippen molar-refractivity contribution in [2.45, 2.75) is 65.3 Å². The molecular weight excluding hydrogens is 264 g/mol. The third-order valence-corrected chi connectivity index (χ3v) is 6.25. The summed E-state index contributed by atoms with van der Waals surface area (Å²) in [5.41, 5.74) is 0.684. The molecule has 0 spiro atoms. The predicted molar refractivity (Wildman–Crippen MR) is 85.3 cm³/mol. The molecule has 0 radical (unpaired) electrons. The number of hydrogen-bond donors (Lipinski definition) is 2. The van der Waals surface area contributed by atoms with E-state index in [4.69, 9.17) is 4.74 Å². The molecule has 0 saturated heterocycles. The van der Waals surface area contributed by atoms with E-state index in [1.807, 2.05) is 6.92 Å². The summed E-state index contributed by atoms with van der Waals surface area (Å²) in [5, 5.41) is 6.62. The third-order valence-electron chi connectivity index (χ3n) is 6.25. The number of ether oxygens (including phenoxy) is 1. The summed E-state index contributed by atoms with van der Waals surface area (Å²) < 4.78 is 4.84. The van der Waals surface area contributed by atoms with Gasteiger partial charge < -0.3 is 15.4 Å². The van der Waals surface area contributed by atoms with Crippen molar-refractivity contribution in [3.05, 3.63) is 0 Å². The van der Waals surface area contributed by atoms with E-state index in [2.05, 4.69) is 31.4 Å². The van der Waals surface area contributed by atoms with Crippen LogP contribution in [0.5, 0.6) is 0 Å². The van der Waals surface area contributed by atoms with Gasteiger partial charge in [0.25, 0.3) is 0 Å². The second-order valence-corrected chi connectivity index (χ2v) is 7.41. The fraction of sp³-hybridized carbons (Fsp3) is 0.941. The normalized spacial score (nSPS) is 33.1. The van der Waals surface area contributed by atoms with E-state index in [0.717, 1.165) is 31.2 Å². The first-order valence-electron chi connectivity index (χ1n) is 8.57. The number of carbonyl (C=O) groups excluding carboxylic acids is 1. The van der Waals surface area contributed by atoms with Crippen LogP contribution in [0.4, 0.5) is 4.79 Å². The summed E-state index contributed by atoms with van der Waals surface area (Å²) in [4.78, 5) is 11.2. The highest BCUT2D eigenvalue weighted by Crippen LogP contribution is 2.61. The van der Waals surface area contributed by atoms with Crippen molar-refractivity contribution in [2.75, 3.05) is 19.7 Å². The van der Waals surface area contributed by atoms with E-state index >= 15 is 0 Å². The van der Waals surface area contributed by atoms with Gasteiger partial charge in [-0.05, 0) is 69.7 Å². The van der Waals surface area contributed by atoms with Crippen LogP contribution in [0, 0.1) is 17.3 Å². The molecule has 2 saturated carbocycles. The second kappa shape index (κ2) is 6.55. The van der Waals surface area contributed by atoms with Gasteiger partial charge in [-0.3, -0.25) is 0 Å². The Kier molecular flexibility index (Phi) is 5.18. The molecule has 4 nitrogen and oxygen atoms in total. The molecule has 0 aromatic heterocycles. The zero-order chi connectivity index (χ0) is 15.5. The minimum atomic E-state index is -0.299. The Morgan fingerprint density at radius 3 is 2.43 bits per heavy atom. The molecule has 3 unspecified atom stereocenters. The van der Waals surface area contributed by atoms with Gasteiger partial charge in [-0.1, -0.05) is 13.8 Å². The average molecular weight is 296 g/mol. The average Bonchev–Trinajstić information content (AvgIpc) is 2.98. The number of rotatable bonds is 7. The molecule has 122 valence electrons. The summed E-state index contributed by atoms with van der Waals surface area (Å²) in [7, 11) is 0. The van der Waals surface area contributed by atoms with Crippen molar-refractivity contribution in [1.29, 1.82) is 0 Å². The van der Waals surface area contributed by atoms with Crippen LogP contribution < -0.4 is 10.6 Å². The molecule has 2 aliphatic rings. The summed E-state index contributed by atoms with van der Waals surface area (Å²) >= 11 is 0. The van der Waals surface area contributed by atoms with E-state index in [0.29, 0.717) is 18.6 Å². The lowest BCUT2D eigenvalue weighted by Crippen LogP contribution is -2.57. The first kappa shape index (κ1) is 16.6. The first-order chi connectivity index (χ1) is 9.91. The Labute approximate surface area is 129 Å². The number of fused-ring (bicyclic) bond motifs is 2. The van der Waals surface area contributed by atoms with E-state index in [-0.39, 0.29) is 11.6 Å². The quantitative estimate of drug-likeness (QED) is 0.709. The Bertz CT molecular complexity index is 370. The van der Waals surface area contributed by atoms with Crippen LogP contribution in [-0.2, 0) is 4.74 Å². The lowest BCUT2D eigenvalue weighted by molar-refractivity contribution is 0.0659. The van der Waals surface area contributed by atoms with Gasteiger partial charge >= 0.3 is 6.09 Å². The number of unbranched alkanes of at least 4 members (excludes halogenated alkanes) is 1. The van der Waals surface area contributed by atoms with Gasteiger partial charge in [0.2, 0.25) is 0 Å². The van der Waals surface area contributed by atoms with Crippen molar-refractivity contribution in [3.63, 3.8) is 0 Å². The Morgan fingerprint density at radius 1 is 1.14 bits per heavy atom. The molecule has 21 heavy (non-hydrogen) atoms. The highest BCUT2D eigenvalue weighted by Gasteiger charge is 2.59. The molecule has 0 aromatic carbocycles. The number of nitrogens with one attached hydrogen (secondary N) is 2. The summed E-state index contributed by atoms with van der Waals surface area (Å²) in [6, 6.07) is 0. The molecule has 2 N–H and O–H groups in total. The second-order valence-electron chi connectivity index (χ2n) is 7.41. The first-order valence-corrected chi connectivity index (χ1v) is 8.57. The van der Waals surface area contributed by atoms with Gasteiger partial charge in [0.1, 0.15) is 0 Å². The zero-order valence-electron chi connectivity index (χ0n) is 14.1. The van der Waals surface area contributed by atoms with Crippen LogP contribution in [0.2, 0.25) is 0 Å². The highest BCUT2D eigenvalue weighted by atomic mass is 16.5. The van der Waals surface area contributed by atoms with E-state index in [9.17, 15) is 4.79 Å². The van der Waals surface area contributed by atoms with Crippen LogP contribution in [0.3, 0.4) is 0 Å². The smallest absolute Gasteiger partial charge is 0.407 e. The van der Waals surface area contributed by atoms with Crippen molar-refractivity contribution in [1.82, 2.24) is 10.6 Å². The summed E-state index contributed by atoms with van der Waals surface area (Å²) in [5.74, 6) is 1.74. The molecule has 2 rings (SSSR count). The molecule has 0 aliphatic heterocycles. The maximum absolute atomic E-state index is 11.2. The number of carbonyl (C=O) groups is 1. The molecule has 3 atom stereocenters. The van der Waals surface area contributed by atoms with Gasteiger partial charge in [-0.15, -0.1) is 0 Å². The predicted octanol–water partition coefficient (Wildman–Crippen LogP) is 3.32. The van der Waals surface area contributed by atoms with Crippen LogP contribution >= 0.6 is 0 Å². The fourth-order valence-corrected chi connectivity index (χ4v) is 4.45. The third kappa shape index (κ3) is 3.20. The van der Waals surface area contributed by atoms with Crippen molar-refractivity contribution >= 4 is 6.09 Å². The minimum absolute atomic E-state index is 0.282. The van der Waals surface area contributed by atoms with Gasteiger partial charge in [0.15, 0.2) is 0 Å². The molecule has 0 heterocycles. The monoisotopic (exact) mass is 296 g/mol. The van der Waals surface area contributed by atoms with E-state index in [1.54, 1.807) is 0 Å². The Hall–Kier alpha value is -0.770. The summed E-state index contributed by atoms with van der Waals surface area (Å²) in [6.07, 6.45) is 6.00. The molecule has 2 bridgehead atoms. The van der Waals surface area contributed by atoms with Gasteiger partial charge in [-0.25, -0.2) is 4.79 Å². The lowest BCUT2D eigenvalue weighted by Gasteiger charge is -2.48. The molecule has 2 aliphatic carbocycles. The molecular formula is C17H32N2O2. The molecule has 2 fully saturated rings. The van der Waals surface area contributed by atoms with Crippen LogP contribution in [0.1, 0.15) is 59.8 Å². The number of hydrogen-bond acceptors (Lipinski definition) is 3. The Balaban J connectivity index is 1.66. The van der Waals surface area contributed by atoms with Crippen molar-refractivity contribution in [2.24, 2.45) is 17.3 Å². The van der Waals surface area contributed by atoms with Crippen molar-refractivity contribution in [3.8, 4) is 0 Å². The molecule has 1 amide bonds. The number of amides is 1. The maximum Gasteiger partial charge on any atom is 0.407 e. The van der Waals surface area contributed by atoms with Crippen LogP contribution in [0.25, 0.3) is 0 Å². The SMILES string of the molecule is CCOC(=O)NCCCCNC1(C)C2CCC(C2)C1(C)C. The highest BCUT2D eigenvalue weighted by molar-refractivity contribution is 5.66. The standard InChI is InChI=1S/C17H32N2O2/c1-5-21-15(20)18-10-6-7-11-19-17(4)14-9-8-13(12-14)16(17,2)3/h13-14,19H,5-12H2,1-4H3,(H,18,20). The minimum Gasteiger partial charge on any atom is -0.450 e. The summed E-state index contributed by atoms with van der Waals surface area (Å²) in [6.45, 7) is 11.3. The largest absolute Gasteiger partial charge is 0.450 e. The molecule has 0 aromatic rings. The zero-order valence-corrected chi connectivity index (χ0v) is 14.1. The fourth-order valence-electron chi connectivity index (χ4n) is 4.45. The van der Waals surface area contributed by atoms with Gasteiger partial charge in [0, 0.05) is 12.1 Å². The topological polar surface area (TPSA) is 50.4 Å². The van der Waals surface area contributed by atoms with E-state index < -0.39 is 0 Å². The van der Waals surface area contributed by atoms with Gasteiger partial charge in [-0.2, -0.15) is 0 Å². The van der Waals surface area contributed by atoms with Crippen molar-refractivity contribution < 1.29 is 9.53 Å². The number of alkyl carbamates (subject to hydrolysis) is 1. The van der Waals surface area contributed by atoms with Crippen LogP contribution in [-0.4, -0.2) is 31.3 Å². The van der Waals surface area contributed by atoms with E-state index in [1.165, 1.54) is 19.3 Å². The van der Waals surface area contributed by atoms with Gasteiger partial charge in [0.05, 0.1) is 6.61 Å². The molecule has 4 heteroatoms. The maximum atomic E-state index is 11.2. The van der Waals surface area contributed by atoms with Crippen LogP contribution in [0.15, 0.2) is 0 Å².